The summed E-state index contributed by atoms with van der Waals surface area (Å²) >= 11 is 12.3. The third kappa shape index (κ3) is 4.75. The average Bonchev–Trinajstić information content (AvgIpc) is 3.03. The van der Waals surface area contributed by atoms with Crippen LogP contribution in [0.25, 0.3) is 17.1 Å². The molecule has 0 bridgehead atoms. The number of carboxylic acids is 1. The summed E-state index contributed by atoms with van der Waals surface area (Å²) in [5.74, 6) is -0.907. The van der Waals surface area contributed by atoms with Crippen LogP contribution in [0.4, 0.5) is 0 Å². The van der Waals surface area contributed by atoms with Gasteiger partial charge in [-0.1, -0.05) is 35.3 Å². The highest BCUT2D eigenvalue weighted by Crippen LogP contribution is 2.31. The summed E-state index contributed by atoms with van der Waals surface area (Å²) in [6, 6.07) is 10.6. The Bertz CT molecular complexity index is 1050. The summed E-state index contributed by atoms with van der Waals surface area (Å²) in [7, 11) is 0. The van der Waals surface area contributed by atoms with Gasteiger partial charge in [-0.05, 0) is 37.6 Å². The van der Waals surface area contributed by atoms with Crippen molar-refractivity contribution in [1.29, 1.82) is 0 Å². The first-order chi connectivity index (χ1) is 13.9. The van der Waals surface area contributed by atoms with E-state index in [9.17, 15) is 9.59 Å². The largest absolute Gasteiger partial charge is 0.481 e. The molecule has 0 fully saturated rings. The maximum Gasteiger partial charge on any atom is 0.303 e. The number of halogens is 2. The second-order valence-electron chi connectivity index (χ2n) is 6.30. The van der Waals surface area contributed by atoms with Crippen LogP contribution in [-0.4, -0.2) is 38.3 Å². The van der Waals surface area contributed by atoms with Gasteiger partial charge in [0.05, 0.1) is 10.7 Å². The zero-order chi connectivity index (χ0) is 21.0. The number of nitrogens with zero attached hydrogens (tertiary/aromatic N) is 3. The smallest absolute Gasteiger partial charge is 0.303 e. The van der Waals surface area contributed by atoms with Crippen LogP contribution >= 0.6 is 23.2 Å². The molecule has 2 aromatic heterocycles. The number of carbonyl (C=O) groups excluding carboxylic acids is 1. The molecular weight excluding hydrogens is 415 g/mol. The van der Waals surface area contributed by atoms with Crippen molar-refractivity contribution >= 4 is 35.1 Å². The number of aliphatic carboxylic acids is 1. The van der Waals surface area contributed by atoms with E-state index in [-0.39, 0.29) is 18.7 Å². The Labute approximate surface area is 177 Å². The molecule has 29 heavy (non-hydrogen) atoms. The SMILES string of the molecule is Cc1c(C(=O)NCCCC(=O)O)nn(-c2ncccc2Cl)c1-c1ccc(Cl)cc1. The lowest BCUT2D eigenvalue weighted by atomic mass is 10.1. The molecule has 0 saturated heterocycles. The number of pyridine rings is 1. The lowest BCUT2D eigenvalue weighted by molar-refractivity contribution is -0.137. The maximum atomic E-state index is 12.7. The lowest BCUT2D eigenvalue weighted by Gasteiger charge is -2.09. The first-order valence-electron chi connectivity index (χ1n) is 8.85. The van der Waals surface area contributed by atoms with Gasteiger partial charge in [-0.2, -0.15) is 5.10 Å². The summed E-state index contributed by atoms with van der Waals surface area (Å²) in [5.41, 5.74) is 2.32. The molecule has 0 aliphatic heterocycles. The molecule has 0 aliphatic carbocycles. The normalized spacial score (nSPS) is 10.7. The number of aromatic nitrogens is 3. The Kier molecular flexibility index (Phi) is 6.51. The summed E-state index contributed by atoms with van der Waals surface area (Å²) in [5, 5.41) is 16.9. The van der Waals surface area contributed by atoms with Crippen LogP contribution in [0.1, 0.15) is 28.9 Å². The molecule has 3 aromatic rings. The molecule has 150 valence electrons. The van der Waals surface area contributed by atoms with Gasteiger partial charge in [0.25, 0.3) is 5.91 Å². The predicted molar refractivity (Wildman–Crippen MR) is 111 cm³/mol. The van der Waals surface area contributed by atoms with Crippen molar-refractivity contribution in [3.8, 4) is 17.1 Å². The summed E-state index contributed by atoms with van der Waals surface area (Å²) < 4.78 is 1.53. The standard InChI is InChI=1S/C20H18Cl2N4O3/c1-12-17(20(29)24-11-3-5-16(27)28)25-26(19-15(22)4-2-10-23-19)18(12)13-6-8-14(21)9-7-13/h2,4,6-10H,3,5,11H2,1H3,(H,24,29)(H,27,28). The highest BCUT2D eigenvalue weighted by atomic mass is 35.5. The van der Waals surface area contributed by atoms with Crippen molar-refractivity contribution in [2.24, 2.45) is 0 Å². The van der Waals surface area contributed by atoms with E-state index in [4.69, 9.17) is 28.3 Å². The van der Waals surface area contributed by atoms with Crippen LogP contribution in [0.3, 0.4) is 0 Å². The molecule has 9 heteroatoms. The van der Waals surface area contributed by atoms with Gasteiger partial charge >= 0.3 is 5.97 Å². The minimum atomic E-state index is -0.908. The second kappa shape index (κ2) is 9.07. The molecule has 0 radical (unpaired) electrons. The van der Waals surface area contributed by atoms with Crippen molar-refractivity contribution in [2.45, 2.75) is 19.8 Å². The van der Waals surface area contributed by atoms with Gasteiger partial charge in [0.1, 0.15) is 0 Å². The first-order valence-corrected chi connectivity index (χ1v) is 9.60. The zero-order valence-electron chi connectivity index (χ0n) is 15.5. The fourth-order valence-corrected chi connectivity index (χ4v) is 3.20. The average molecular weight is 433 g/mol. The monoisotopic (exact) mass is 432 g/mol. The quantitative estimate of drug-likeness (QED) is 0.546. The third-order valence-corrected chi connectivity index (χ3v) is 4.79. The molecule has 0 unspecified atom stereocenters. The highest BCUT2D eigenvalue weighted by Gasteiger charge is 2.23. The Balaban J connectivity index is 2.02. The van der Waals surface area contributed by atoms with Crippen molar-refractivity contribution in [3.63, 3.8) is 0 Å². The van der Waals surface area contributed by atoms with Crippen molar-refractivity contribution in [2.75, 3.05) is 6.54 Å². The van der Waals surface area contributed by atoms with E-state index >= 15 is 0 Å². The summed E-state index contributed by atoms with van der Waals surface area (Å²) in [6.07, 6.45) is 1.90. The minimum absolute atomic E-state index is 0.0206. The number of amides is 1. The molecule has 1 aromatic carbocycles. The number of carboxylic acid groups (broad SMARTS) is 1. The minimum Gasteiger partial charge on any atom is -0.481 e. The lowest BCUT2D eigenvalue weighted by Crippen LogP contribution is -2.26. The van der Waals surface area contributed by atoms with Crippen LogP contribution in [0, 0.1) is 6.92 Å². The Morgan fingerprint density at radius 1 is 1.17 bits per heavy atom. The van der Waals surface area contributed by atoms with E-state index in [1.807, 2.05) is 12.1 Å². The fraction of sp³-hybridized carbons (Fsp3) is 0.200. The first kappa shape index (κ1) is 20.8. The fourth-order valence-electron chi connectivity index (χ4n) is 2.87. The van der Waals surface area contributed by atoms with E-state index in [0.29, 0.717) is 33.5 Å². The molecule has 2 heterocycles. The summed E-state index contributed by atoms with van der Waals surface area (Å²) in [4.78, 5) is 27.6. The van der Waals surface area contributed by atoms with Crippen LogP contribution in [-0.2, 0) is 4.79 Å². The van der Waals surface area contributed by atoms with Crippen molar-refractivity contribution < 1.29 is 14.7 Å². The molecule has 0 atom stereocenters. The number of benzene rings is 1. The van der Waals surface area contributed by atoms with E-state index in [0.717, 1.165) is 5.56 Å². The number of carbonyl (C=O) groups is 2. The van der Waals surface area contributed by atoms with Crippen molar-refractivity contribution in [1.82, 2.24) is 20.1 Å². The Morgan fingerprint density at radius 2 is 1.90 bits per heavy atom. The number of rotatable bonds is 7. The highest BCUT2D eigenvalue weighted by molar-refractivity contribution is 6.32. The van der Waals surface area contributed by atoms with Crippen LogP contribution in [0.5, 0.6) is 0 Å². The van der Waals surface area contributed by atoms with E-state index in [1.54, 1.807) is 37.4 Å². The zero-order valence-corrected chi connectivity index (χ0v) is 17.0. The number of hydrogen-bond acceptors (Lipinski definition) is 4. The molecule has 0 saturated carbocycles. The van der Waals surface area contributed by atoms with Gasteiger partial charge in [-0.3, -0.25) is 9.59 Å². The van der Waals surface area contributed by atoms with E-state index in [1.165, 1.54) is 4.68 Å². The molecule has 1 amide bonds. The van der Waals surface area contributed by atoms with Gasteiger partial charge < -0.3 is 10.4 Å². The van der Waals surface area contributed by atoms with Gasteiger partial charge in [-0.15, -0.1) is 0 Å². The van der Waals surface area contributed by atoms with Gasteiger partial charge in [0.15, 0.2) is 11.5 Å². The van der Waals surface area contributed by atoms with E-state index < -0.39 is 11.9 Å². The molecule has 7 nitrogen and oxygen atoms in total. The van der Waals surface area contributed by atoms with E-state index in [2.05, 4.69) is 15.4 Å². The molecule has 2 N–H and O–H groups in total. The topological polar surface area (TPSA) is 97.1 Å². The van der Waals surface area contributed by atoms with Crippen LogP contribution in [0.2, 0.25) is 10.0 Å². The number of nitrogens with one attached hydrogen (secondary N) is 1. The molecule has 3 rings (SSSR count). The van der Waals surface area contributed by atoms with Gasteiger partial charge in [0, 0.05) is 35.3 Å². The van der Waals surface area contributed by atoms with Crippen LogP contribution in [0.15, 0.2) is 42.6 Å². The summed E-state index contributed by atoms with van der Waals surface area (Å²) in [6.45, 7) is 2.02. The predicted octanol–water partition coefficient (Wildman–Crippen LogP) is 4.14. The maximum absolute atomic E-state index is 12.7. The van der Waals surface area contributed by atoms with Crippen LogP contribution < -0.4 is 5.32 Å². The van der Waals surface area contributed by atoms with Crippen molar-refractivity contribution in [3.05, 3.63) is 63.9 Å². The second-order valence-corrected chi connectivity index (χ2v) is 7.15. The Morgan fingerprint density at radius 3 is 2.55 bits per heavy atom. The van der Waals surface area contributed by atoms with Gasteiger partial charge in [0.2, 0.25) is 0 Å². The number of hydrogen-bond donors (Lipinski definition) is 2. The molecule has 0 spiro atoms. The Hall–Kier alpha value is -2.90. The van der Waals surface area contributed by atoms with Gasteiger partial charge in [-0.25, -0.2) is 9.67 Å². The molecule has 0 aliphatic rings. The molecular formula is C20H18Cl2N4O3. The third-order valence-electron chi connectivity index (χ3n) is 4.25.